The minimum absolute atomic E-state index is 0.201. The normalized spacial score (nSPS) is 10.8. The molecule has 0 aliphatic rings. The van der Waals surface area contributed by atoms with E-state index >= 15 is 0 Å². The highest BCUT2D eigenvalue weighted by Crippen LogP contribution is 2.17. The Morgan fingerprint density at radius 2 is 1.58 bits per heavy atom. The van der Waals surface area contributed by atoms with Gasteiger partial charge in [0, 0.05) is 0 Å². The molecule has 0 saturated heterocycles. The van der Waals surface area contributed by atoms with E-state index in [0.717, 1.165) is 22.3 Å². The Kier molecular flexibility index (Phi) is 2.63. The second-order valence-corrected chi connectivity index (χ2v) is 4.42. The summed E-state index contributed by atoms with van der Waals surface area (Å²) in [6, 6.07) is 15.4. The van der Waals surface area contributed by atoms with E-state index in [2.05, 4.69) is 0 Å². The van der Waals surface area contributed by atoms with Crippen molar-refractivity contribution in [1.82, 2.24) is 9.30 Å². The molecule has 0 atom stereocenters. The quantitative estimate of drug-likeness (QED) is 0.702. The van der Waals surface area contributed by atoms with Crippen molar-refractivity contribution in [3.05, 3.63) is 64.6 Å². The number of hydrogen-bond acceptors (Lipinski definition) is 2. The van der Waals surface area contributed by atoms with Crippen LogP contribution in [0.5, 0.6) is 0 Å². The van der Waals surface area contributed by atoms with Gasteiger partial charge in [0.25, 0.3) is 0 Å². The molecule has 1 heterocycles. The van der Waals surface area contributed by atoms with Gasteiger partial charge < -0.3 is 4.84 Å². The third-order valence-electron chi connectivity index (χ3n) is 3.18. The van der Waals surface area contributed by atoms with E-state index in [-0.39, 0.29) is 5.69 Å². The first-order chi connectivity index (χ1) is 9.22. The monoisotopic (exact) mass is 254 g/mol. The molecule has 3 rings (SSSR count). The second-order valence-electron chi connectivity index (χ2n) is 4.42. The van der Waals surface area contributed by atoms with E-state index in [4.69, 9.17) is 4.84 Å². The molecular weight excluding hydrogens is 240 g/mol. The highest BCUT2D eigenvalue weighted by Gasteiger charge is 2.14. The lowest BCUT2D eigenvalue weighted by Gasteiger charge is -2.03. The van der Waals surface area contributed by atoms with Crippen LogP contribution in [0.15, 0.2) is 53.3 Å². The van der Waals surface area contributed by atoms with Gasteiger partial charge in [-0.2, -0.15) is 0 Å². The number of imidazole rings is 1. The van der Waals surface area contributed by atoms with Crippen molar-refractivity contribution >= 4 is 11.0 Å². The molecule has 0 spiro atoms. The molecule has 4 nitrogen and oxygen atoms in total. The summed E-state index contributed by atoms with van der Waals surface area (Å²) in [7, 11) is 1.49. The van der Waals surface area contributed by atoms with Gasteiger partial charge in [0.2, 0.25) is 0 Å². The van der Waals surface area contributed by atoms with Gasteiger partial charge in [-0.1, -0.05) is 29.8 Å². The van der Waals surface area contributed by atoms with Crippen molar-refractivity contribution in [1.29, 1.82) is 0 Å². The number of benzene rings is 2. The van der Waals surface area contributed by atoms with E-state index in [9.17, 15) is 4.79 Å². The summed E-state index contributed by atoms with van der Waals surface area (Å²) in [5.41, 5.74) is 3.39. The number of hydrogen-bond donors (Lipinski definition) is 0. The van der Waals surface area contributed by atoms with E-state index in [1.54, 1.807) is 4.57 Å². The van der Waals surface area contributed by atoms with Gasteiger partial charge in [0.15, 0.2) is 0 Å². The number of rotatable bonds is 2. The molecule has 0 saturated carbocycles. The van der Waals surface area contributed by atoms with Crippen molar-refractivity contribution in [3.8, 4) is 5.69 Å². The molecule has 19 heavy (non-hydrogen) atoms. The van der Waals surface area contributed by atoms with Crippen LogP contribution in [0.3, 0.4) is 0 Å². The summed E-state index contributed by atoms with van der Waals surface area (Å²) in [5, 5.41) is 0. The van der Waals surface area contributed by atoms with E-state index < -0.39 is 0 Å². The zero-order valence-corrected chi connectivity index (χ0v) is 10.8. The Balaban J connectivity index is 2.38. The van der Waals surface area contributed by atoms with Crippen molar-refractivity contribution in [2.45, 2.75) is 6.92 Å². The van der Waals surface area contributed by atoms with Crippen LogP contribution in [0.1, 0.15) is 5.56 Å². The Morgan fingerprint density at radius 3 is 2.21 bits per heavy atom. The Morgan fingerprint density at radius 1 is 0.947 bits per heavy atom. The predicted molar refractivity (Wildman–Crippen MR) is 74.8 cm³/mol. The fraction of sp³-hybridized carbons (Fsp3) is 0.133. The fourth-order valence-electron chi connectivity index (χ4n) is 2.24. The summed E-state index contributed by atoms with van der Waals surface area (Å²) >= 11 is 0. The molecule has 0 radical (unpaired) electrons. The lowest BCUT2D eigenvalue weighted by atomic mass is 10.2. The average Bonchev–Trinajstić information content (AvgIpc) is 2.71. The smallest absolute Gasteiger partial charge is 0.366 e. The largest absolute Gasteiger partial charge is 0.412 e. The molecule has 3 aromatic rings. The highest BCUT2D eigenvalue weighted by molar-refractivity contribution is 5.77. The summed E-state index contributed by atoms with van der Waals surface area (Å²) in [4.78, 5) is 17.6. The van der Waals surface area contributed by atoms with Gasteiger partial charge in [-0.05, 0) is 31.2 Å². The van der Waals surface area contributed by atoms with Crippen molar-refractivity contribution in [2.75, 3.05) is 7.11 Å². The van der Waals surface area contributed by atoms with Gasteiger partial charge >= 0.3 is 5.69 Å². The second kappa shape index (κ2) is 4.31. The standard InChI is InChI=1S/C15H14N2O2/c1-11-7-9-12(10-8-11)16-13-5-3-4-6-14(13)17(19-2)15(16)18/h3-10H,1-2H3. The molecule has 0 bridgehead atoms. The number of nitrogens with zero attached hydrogens (tertiary/aromatic N) is 2. The van der Waals surface area contributed by atoms with E-state index in [0.29, 0.717) is 0 Å². The van der Waals surface area contributed by atoms with Crippen molar-refractivity contribution in [2.24, 2.45) is 0 Å². The molecular formula is C15H14N2O2. The molecule has 0 N–H and O–H groups in total. The first-order valence-corrected chi connectivity index (χ1v) is 6.06. The van der Waals surface area contributed by atoms with E-state index in [1.165, 1.54) is 11.8 Å². The Bertz CT molecular complexity index is 782. The van der Waals surface area contributed by atoms with Gasteiger partial charge in [0.05, 0.1) is 11.2 Å². The van der Waals surface area contributed by atoms with Crippen LogP contribution < -0.4 is 10.5 Å². The van der Waals surface area contributed by atoms with Crippen LogP contribution in [-0.2, 0) is 0 Å². The molecule has 96 valence electrons. The first kappa shape index (κ1) is 11.6. The molecule has 0 aliphatic heterocycles. The molecule has 0 unspecified atom stereocenters. The third-order valence-corrected chi connectivity index (χ3v) is 3.18. The molecule has 4 heteroatoms. The summed E-state index contributed by atoms with van der Waals surface area (Å²) < 4.78 is 2.95. The van der Waals surface area contributed by atoms with Gasteiger partial charge in [-0.25, -0.2) is 4.79 Å². The van der Waals surface area contributed by atoms with Crippen molar-refractivity contribution < 1.29 is 4.84 Å². The minimum atomic E-state index is -0.201. The first-order valence-electron chi connectivity index (χ1n) is 6.06. The predicted octanol–water partition coefficient (Wildman–Crippen LogP) is 2.16. The fourth-order valence-corrected chi connectivity index (χ4v) is 2.24. The lowest BCUT2D eigenvalue weighted by molar-refractivity contribution is 0.167. The summed E-state index contributed by atoms with van der Waals surface area (Å²) in [5.74, 6) is 0. The molecule has 2 aromatic carbocycles. The summed E-state index contributed by atoms with van der Waals surface area (Å²) in [6.07, 6.45) is 0. The maximum absolute atomic E-state index is 12.4. The molecule has 0 fully saturated rings. The van der Waals surface area contributed by atoms with Gasteiger partial charge in [-0.15, -0.1) is 4.73 Å². The highest BCUT2D eigenvalue weighted by atomic mass is 16.7. The van der Waals surface area contributed by atoms with Crippen LogP contribution in [0.25, 0.3) is 16.7 Å². The third kappa shape index (κ3) is 1.73. The Hall–Kier alpha value is -2.49. The summed E-state index contributed by atoms with van der Waals surface area (Å²) in [6.45, 7) is 2.02. The number of fused-ring (bicyclic) bond motifs is 1. The maximum atomic E-state index is 12.4. The van der Waals surface area contributed by atoms with E-state index in [1.807, 2.05) is 55.5 Å². The zero-order valence-electron chi connectivity index (χ0n) is 10.8. The minimum Gasteiger partial charge on any atom is -0.412 e. The topological polar surface area (TPSA) is 36.2 Å². The van der Waals surface area contributed by atoms with Crippen LogP contribution in [0.4, 0.5) is 0 Å². The maximum Gasteiger partial charge on any atom is 0.366 e. The van der Waals surface area contributed by atoms with Crippen LogP contribution in [-0.4, -0.2) is 16.4 Å². The van der Waals surface area contributed by atoms with Gasteiger partial charge in [-0.3, -0.25) is 4.57 Å². The molecule has 0 amide bonds. The van der Waals surface area contributed by atoms with Crippen LogP contribution >= 0.6 is 0 Å². The number of aromatic nitrogens is 2. The lowest BCUT2D eigenvalue weighted by Crippen LogP contribution is -2.26. The average molecular weight is 254 g/mol. The number of aryl methyl sites for hydroxylation is 1. The molecule has 1 aromatic heterocycles. The van der Waals surface area contributed by atoms with Crippen LogP contribution in [0, 0.1) is 6.92 Å². The SMILES string of the molecule is COn1c(=O)n(-c2ccc(C)cc2)c2ccccc21. The Labute approximate surface area is 110 Å². The van der Waals surface area contributed by atoms with Gasteiger partial charge in [0.1, 0.15) is 12.6 Å². The number of para-hydroxylation sites is 2. The van der Waals surface area contributed by atoms with Crippen molar-refractivity contribution in [3.63, 3.8) is 0 Å². The zero-order chi connectivity index (χ0) is 13.4. The molecule has 0 aliphatic carbocycles. The van der Waals surface area contributed by atoms with Crippen LogP contribution in [0.2, 0.25) is 0 Å².